The highest BCUT2D eigenvalue weighted by Crippen LogP contribution is 2.27. The summed E-state index contributed by atoms with van der Waals surface area (Å²) in [6, 6.07) is 0. The zero-order valence-electron chi connectivity index (χ0n) is 11.3. The highest BCUT2D eigenvalue weighted by molar-refractivity contribution is 5.87. The van der Waals surface area contributed by atoms with Crippen LogP contribution < -0.4 is 10.6 Å². The van der Waals surface area contributed by atoms with Gasteiger partial charge in [0, 0.05) is 39.6 Å². The smallest absolute Gasteiger partial charge is 0.224 e. The van der Waals surface area contributed by atoms with Crippen molar-refractivity contribution in [1.29, 1.82) is 0 Å². The highest BCUT2D eigenvalue weighted by atomic mass is 16.5. The lowest BCUT2D eigenvalue weighted by Gasteiger charge is -2.35. The summed E-state index contributed by atoms with van der Waals surface area (Å²) >= 11 is 0. The number of aromatic nitrogens is 4. The summed E-state index contributed by atoms with van der Waals surface area (Å²) in [7, 11) is 1.88. The molecule has 0 amide bonds. The molecule has 20 heavy (non-hydrogen) atoms. The number of rotatable bonds is 3. The molecule has 0 aromatic carbocycles. The lowest BCUT2D eigenvalue weighted by atomic mass is 9.94. The van der Waals surface area contributed by atoms with E-state index in [-0.39, 0.29) is 5.95 Å². The van der Waals surface area contributed by atoms with Gasteiger partial charge in [-0.25, -0.2) is 0 Å². The van der Waals surface area contributed by atoms with Crippen molar-refractivity contribution < 1.29 is 9.84 Å². The van der Waals surface area contributed by atoms with Gasteiger partial charge >= 0.3 is 0 Å². The summed E-state index contributed by atoms with van der Waals surface area (Å²) in [5, 5.41) is 18.1. The van der Waals surface area contributed by atoms with E-state index < -0.39 is 5.60 Å². The number of anilines is 2. The summed E-state index contributed by atoms with van der Waals surface area (Å²) in [4.78, 5) is 10.2. The molecule has 0 bridgehead atoms. The molecule has 4 N–H and O–H groups in total. The number of aliphatic hydroxyl groups is 1. The second-order valence-corrected chi connectivity index (χ2v) is 5.23. The molecule has 0 aliphatic carbocycles. The maximum Gasteiger partial charge on any atom is 0.224 e. The number of hydrogen-bond donors (Lipinski definition) is 3. The Morgan fingerprint density at radius 3 is 2.95 bits per heavy atom. The first-order valence-corrected chi connectivity index (χ1v) is 6.55. The number of nitrogens with one attached hydrogen (secondary N) is 1. The van der Waals surface area contributed by atoms with E-state index in [2.05, 4.69) is 20.2 Å². The Morgan fingerprint density at radius 2 is 2.20 bits per heavy atom. The van der Waals surface area contributed by atoms with E-state index in [1.807, 2.05) is 11.9 Å². The van der Waals surface area contributed by atoms with Crippen molar-refractivity contribution in [3.8, 4) is 0 Å². The molecule has 0 atom stereocenters. The third kappa shape index (κ3) is 2.39. The van der Waals surface area contributed by atoms with Crippen molar-refractivity contribution in [2.24, 2.45) is 0 Å². The molecule has 0 radical (unpaired) electrons. The van der Waals surface area contributed by atoms with Gasteiger partial charge in [0.1, 0.15) is 5.82 Å². The lowest BCUT2D eigenvalue weighted by molar-refractivity contribution is -0.0573. The van der Waals surface area contributed by atoms with E-state index in [4.69, 9.17) is 10.5 Å². The first kappa shape index (κ1) is 13.1. The maximum absolute atomic E-state index is 10.6. The minimum atomic E-state index is -0.761. The summed E-state index contributed by atoms with van der Waals surface area (Å²) in [5.74, 6) is 0.851. The van der Waals surface area contributed by atoms with Crippen LogP contribution in [0.1, 0.15) is 12.8 Å². The Hall–Kier alpha value is -1.93. The van der Waals surface area contributed by atoms with E-state index in [0.29, 0.717) is 44.1 Å². The van der Waals surface area contributed by atoms with Gasteiger partial charge in [-0.2, -0.15) is 15.1 Å². The number of nitrogen functional groups attached to an aromatic ring is 1. The van der Waals surface area contributed by atoms with Crippen LogP contribution in [-0.4, -0.2) is 57.7 Å². The number of aromatic amines is 1. The average molecular weight is 278 g/mol. The highest BCUT2D eigenvalue weighted by Gasteiger charge is 2.32. The standard InChI is InChI=1S/C12H18N6O2/c1-18(7-12(19)2-4-20-5-3-12)10-8-6-14-17-9(8)15-11(13)16-10/h6,19H,2-5,7H2,1H3,(H3,13,14,15,16,17). The average Bonchev–Trinajstić information content (AvgIpc) is 2.85. The minimum absolute atomic E-state index is 0.183. The van der Waals surface area contributed by atoms with E-state index in [9.17, 15) is 5.11 Å². The van der Waals surface area contributed by atoms with Gasteiger partial charge in [0.15, 0.2) is 5.65 Å². The number of likely N-dealkylation sites (N-methyl/N-ethyl adjacent to an activating group) is 1. The molecule has 1 aliphatic heterocycles. The summed E-state index contributed by atoms with van der Waals surface area (Å²) in [6.07, 6.45) is 2.90. The van der Waals surface area contributed by atoms with Crippen LogP contribution in [0.3, 0.4) is 0 Å². The zero-order valence-corrected chi connectivity index (χ0v) is 11.3. The van der Waals surface area contributed by atoms with Crippen LogP contribution in [0.2, 0.25) is 0 Å². The fraction of sp³-hybridized carbons (Fsp3) is 0.583. The van der Waals surface area contributed by atoms with E-state index in [0.717, 1.165) is 5.39 Å². The Labute approximate surface area is 116 Å². The lowest BCUT2D eigenvalue weighted by Crippen LogP contribution is -2.46. The molecule has 2 aromatic heterocycles. The Bertz CT molecular complexity index is 607. The zero-order chi connectivity index (χ0) is 14.2. The summed E-state index contributed by atoms with van der Waals surface area (Å²) < 4.78 is 5.29. The second-order valence-electron chi connectivity index (χ2n) is 5.23. The van der Waals surface area contributed by atoms with Crippen LogP contribution in [-0.2, 0) is 4.74 Å². The first-order chi connectivity index (χ1) is 9.57. The van der Waals surface area contributed by atoms with Crippen LogP contribution in [0.25, 0.3) is 11.0 Å². The van der Waals surface area contributed by atoms with Crippen LogP contribution >= 0.6 is 0 Å². The number of ether oxygens (including phenoxy) is 1. The van der Waals surface area contributed by atoms with Gasteiger partial charge in [-0.15, -0.1) is 0 Å². The first-order valence-electron chi connectivity index (χ1n) is 6.55. The number of nitrogens with zero attached hydrogens (tertiary/aromatic N) is 4. The molecule has 0 unspecified atom stereocenters. The van der Waals surface area contributed by atoms with Crippen molar-refractivity contribution in [3.63, 3.8) is 0 Å². The molecule has 8 heteroatoms. The Balaban J connectivity index is 1.88. The van der Waals surface area contributed by atoms with Crippen LogP contribution in [0, 0.1) is 0 Å². The van der Waals surface area contributed by atoms with Gasteiger partial charge in [0.25, 0.3) is 0 Å². The van der Waals surface area contributed by atoms with E-state index in [1.54, 1.807) is 6.20 Å². The molecule has 1 aliphatic rings. The number of fused-ring (bicyclic) bond motifs is 1. The van der Waals surface area contributed by atoms with Crippen molar-refractivity contribution in [2.75, 3.05) is 37.4 Å². The monoisotopic (exact) mass is 278 g/mol. The van der Waals surface area contributed by atoms with Gasteiger partial charge in [-0.3, -0.25) is 5.10 Å². The Kier molecular flexibility index (Phi) is 3.19. The fourth-order valence-corrected chi connectivity index (χ4v) is 2.55. The summed E-state index contributed by atoms with van der Waals surface area (Å²) in [5.41, 5.74) is 5.54. The normalized spacial score (nSPS) is 18.3. The van der Waals surface area contributed by atoms with Crippen LogP contribution in [0.15, 0.2) is 6.20 Å². The molecule has 0 saturated carbocycles. The molecule has 3 heterocycles. The molecular weight excluding hydrogens is 260 g/mol. The fourth-order valence-electron chi connectivity index (χ4n) is 2.55. The predicted octanol–water partition coefficient (Wildman–Crippen LogP) is -0.0872. The molecule has 2 aromatic rings. The number of nitrogens with two attached hydrogens (primary N) is 1. The SMILES string of the molecule is CN(CC1(O)CCOCC1)c1nc(N)nc2[nH]ncc12. The third-order valence-electron chi connectivity index (χ3n) is 3.62. The topological polar surface area (TPSA) is 113 Å². The van der Waals surface area contributed by atoms with Crippen molar-refractivity contribution in [1.82, 2.24) is 20.2 Å². The molecule has 3 rings (SSSR count). The van der Waals surface area contributed by atoms with Gasteiger partial charge in [0.2, 0.25) is 5.95 Å². The van der Waals surface area contributed by atoms with Gasteiger partial charge in [-0.05, 0) is 0 Å². The van der Waals surface area contributed by atoms with Crippen molar-refractivity contribution >= 4 is 22.8 Å². The van der Waals surface area contributed by atoms with E-state index >= 15 is 0 Å². The molecule has 8 nitrogen and oxygen atoms in total. The third-order valence-corrected chi connectivity index (χ3v) is 3.62. The van der Waals surface area contributed by atoms with E-state index in [1.165, 1.54) is 0 Å². The van der Waals surface area contributed by atoms with Crippen LogP contribution in [0.5, 0.6) is 0 Å². The van der Waals surface area contributed by atoms with Crippen LogP contribution in [0.4, 0.5) is 11.8 Å². The molecular formula is C12H18N6O2. The minimum Gasteiger partial charge on any atom is -0.388 e. The molecule has 1 saturated heterocycles. The van der Waals surface area contributed by atoms with Crippen molar-refractivity contribution in [2.45, 2.75) is 18.4 Å². The molecule has 108 valence electrons. The number of H-pyrrole nitrogens is 1. The van der Waals surface area contributed by atoms with Gasteiger partial charge < -0.3 is 20.5 Å². The largest absolute Gasteiger partial charge is 0.388 e. The summed E-state index contributed by atoms with van der Waals surface area (Å²) in [6.45, 7) is 1.63. The van der Waals surface area contributed by atoms with Crippen molar-refractivity contribution in [3.05, 3.63) is 6.20 Å². The van der Waals surface area contributed by atoms with Gasteiger partial charge in [-0.1, -0.05) is 0 Å². The van der Waals surface area contributed by atoms with Gasteiger partial charge in [0.05, 0.1) is 17.2 Å². The molecule has 1 fully saturated rings. The Morgan fingerprint density at radius 1 is 1.45 bits per heavy atom. The number of hydrogen-bond acceptors (Lipinski definition) is 7. The quantitative estimate of drug-likeness (QED) is 0.719. The maximum atomic E-state index is 10.6. The molecule has 0 spiro atoms. The second kappa shape index (κ2) is 4.88. The predicted molar refractivity (Wildman–Crippen MR) is 74.4 cm³/mol.